The first-order valence-electron chi connectivity index (χ1n) is 11.4. The number of aliphatic imine (C=N–C) groups is 1. The molecule has 3 rings (SSSR count). The molecule has 0 aliphatic heterocycles. The molecular formula is C29H35N3O2. The second-order valence-corrected chi connectivity index (χ2v) is 10.3. The molecule has 0 unspecified atom stereocenters. The minimum absolute atomic E-state index is 0.251. The van der Waals surface area contributed by atoms with Gasteiger partial charge in [-0.2, -0.15) is 5.10 Å². The zero-order valence-electron chi connectivity index (χ0n) is 21.2. The Balaban J connectivity index is 2.13. The standard InChI is InChI=1S/C29H35N3O2/c1-28(2,3)23-17-21(18-24(26(23)33)29(4,5)6)27(31-22-14-9-8-10-15-22)32-30-19-20-13-11-12-16-25(20)34-7/h8-19,33H,1-7H3,(H,31,32)/b30-19+. The Bertz CT molecular complexity index is 1150. The fourth-order valence-electron chi connectivity index (χ4n) is 3.64. The number of benzene rings is 3. The number of hydrazone groups is 1. The third-order valence-corrected chi connectivity index (χ3v) is 5.51. The van der Waals surface area contributed by atoms with Crippen molar-refractivity contribution in [2.75, 3.05) is 7.11 Å². The average Bonchev–Trinajstić information content (AvgIpc) is 2.78. The number of hydrogen-bond acceptors (Lipinski definition) is 4. The van der Waals surface area contributed by atoms with Crippen LogP contribution >= 0.6 is 0 Å². The van der Waals surface area contributed by atoms with Crippen molar-refractivity contribution < 1.29 is 9.84 Å². The van der Waals surface area contributed by atoms with Gasteiger partial charge < -0.3 is 9.84 Å². The van der Waals surface area contributed by atoms with E-state index in [9.17, 15) is 5.11 Å². The van der Waals surface area contributed by atoms with Crippen LogP contribution in [0.1, 0.15) is 63.8 Å². The summed E-state index contributed by atoms with van der Waals surface area (Å²) < 4.78 is 5.43. The summed E-state index contributed by atoms with van der Waals surface area (Å²) in [5.74, 6) is 1.66. The van der Waals surface area contributed by atoms with Gasteiger partial charge in [-0.15, -0.1) is 0 Å². The number of phenols is 1. The number of hydrogen-bond donors (Lipinski definition) is 2. The number of aromatic hydroxyl groups is 1. The zero-order valence-corrected chi connectivity index (χ0v) is 21.2. The Hall–Kier alpha value is -3.60. The molecule has 3 aromatic carbocycles. The molecule has 0 radical (unpaired) electrons. The molecule has 0 aromatic heterocycles. The monoisotopic (exact) mass is 457 g/mol. The van der Waals surface area contributed by atoms with E-state index in [0.29, 0.717) is 11.6 Å². The number of amidine groups is 1. The van der Waals surface area contributed by atoms with Crippen molar-refractivity contribution in [2.45, 2.75) is 52.4 Å². The van der Waals surface area contributed by atoms with Crippen LogP contribution < -0.4 is 10.2 Å². The van der Waals surface area contributed by atoms with E-state index < -0.39 is 0 Å². The van der Waals surface area contributed by atoms with Crippen LogP contribution in [0.5, 0.6) is 11.5 Å². The topological polar surface area (TPSA) is 66.2 Å². The fourth-order valence-corrected chi connectivity index (χ4v) is 3.64. The molecule has 0 aliphatic carbocycles. The number of para-hydroxylation sites is 2. The van der Waals surface area contributed by atoms with Gasteiger partial charge in [0.05, 0.1) is 19.0 Å². The lowest BCUT2D eigenvalue weighted by Crippen LogP contribution is -2.23. The normalized spacial score (nSPS) is 12.7. The van der Waals surface area contributed by atoms with Crippen LogP contribution in [0, 0.1) is 0 Å². The van der Waals surface area contributed by atoms with Crippen LogP contribution in [0.4, 0.5) is 5.69 Å². The maximum absolute atomic E-state index is 11.1. The second-order valence-electron chi connectivity index (χ2n) is 10.3. The van der Waals surface area contributed by atoms with E-state index in [4.69, 9.17) is 9.73 Å². The Morgan fingerprint density at radius 3 is 1.97 bits per heavy atom. The smallest absolute Gasteiger partial charge is 0.154 e. The van der Waals surface area contributed by atoms with Gasteiger partial charge in [-0.3, -0.25) is 5.43 Å². The molecule has 0 saturated carbocycles. The number of nitrogens with zero attached hydrogens (tertiary/aromatic N) is 2. The molecule has 0 amide bonds. The largest absolute Gasteiger partial charge is 0.507 e. The first kappa shape index (κ1) is 25.0. The molecule has 0 heterocycles. The fraction of sp³-hybridized carbons (Fsp3) is 0.310. The zero-order chi connectivity index (χ0) is 24.9. The summed E-state index contributed by atoms with van der Waals surface area (Å²) in [6.07, 6.45) is 1.72. The van der Waals surface area contributed by atoms with Crippen LogP contribution in [-0.4, -0.2) is 24.3 Å². The third kappa shape index (κ3) is 6.04. The van der Waals surface area contributed by atoms with E-state index in [-0.39, 0.29) is 10.8 Å². The number of phenolic OH excluding ortho intramolecular Hbond substituents is 1. The molecular weight excluding hydrogens is 422 g/mol. The van der Waals surface area contributed by atoms with E-state index in [1.54, 1.807) is 13.3 Å². The summed E-state index contributed by atoms with van der Waals surface area (Å²) in [7, 11) is 1.64. The molecule has 0 atom stereocenters. The van der Waals surface area contributed by atoms with Gasteiger partial charge in [-0.1, -0.05) is 71.9 Å². The van der Waals surface area contributed by atoms with E-state index in [0.717, 1.165) is 33.7 Å². The molecule has 0 aliphatic rings. The van der Waals surface area contributed by atoms with Gasteiger partial charge in [-0.05, 0) is 47.2 Å². The molecule has 178 valence electrons. The third-order valence-electron chi connectivity index (χ3n) is 5.51. The highest BCUT2D eigenvalue weighted by Crippen LogP contribution is 2.40. The molecule has 3 aromatic rings. The van der Waals surface area contributed by atoms with Crippen LogP contribution in [0.2, 0.25) is 0 Å². The van der Waals surface area contributed by atoms with Gasteiger partial charge in [0, 0.05) is 22.3 Å². The van der Waals surface area contributed by atoms with E-state index in [1.165, 1.54) is 0 Å². The molecule has 0 spiro atoms. The lowest BCUT2D eigenvalue weighted by Gasteiger charge is -2.28. The second kappa shape index (κ2) is 10.1. The molecule has 0 fully saturated rings. The quantitative estimate of drug-likeness (QED) is 0.255. The Morgan fingerprint density at radius 2 is 1.41 bits per heavy atom. The first-order chi connectivity index (χ1) is 16.0. The molecule has 0 saturated heterocycles. The minimum atomic E-state index is -0.251. The average molecular weight is 458 g/mol. The van der Waals surface area contributed by atoms with Crippen LogP contribution in [-0.2, 0) is 10.8 Å². The minimum Gasteiger partial charge on any atom is -0.507 e. The number of rotatable bonds is 5. The predicted octanol–water partition coefficient (Wildman–Crippen LogP) is 6.70. The Morgan fingerprint density at radius 1 is 0.853 bits per heavy atom. The van der Waals surface area contributed by atoms with Gasteiger partial charge >= 0.3 is 0 Å². The van der Waals surface area contributed by atoms with E-state index >= 15 is 0 Å². The van der Waals surface area contributed by atoms with Gasteiger partial charge in [0.2, 0.25) is 0 Å². The Kier molecular flexibility index (Phi) is 7.45. The highest BCUT2D eigenvalue weighted by atomic mass is 16.5. The van der Waals surface area contributed by atoms with Crippen molar-refractivity contribution in [3.63, 3.8) is 0 Å². The van der Waals surface area contributed by atoms with Crippen LogP contribution in [0.15, 0.2) is 76.8 Å². The lowest BCUT2D eigenvalue weighted by molar-refractivity contribution is 0.414. The van der Waals surface area contributed by atoms with Gasteiger partial charge in [0.15, 0.2) is 5.84 Å². The number of methoxy groups -OCH3 is 1. The molecule has 34 heavy (non-hydrogen) atoms. The molecule has 2 N–H and O–H groups in total. The molecule has 0 bridgehead atoms. The van der Waals surface area contributed by atoms with Crippen LogP contribution in [0.25, 0.3) is 0 Å². The number of nitrogens with one attached hydrogen (secondary N) is 1. The summed E-state index contributed by atoms with van der Waals surface area (Å²) in [4.78, 5) is 4.86. The van der Waals surface area contributed by atoms with Crippen molar-refractivity contribution >= 4 is 17.7 Å². The highest BCUT2D eigenvalue weighted by molar-refractivity contribution is 6.01. The van der Waals surface area contributed by atoms with Crippen molar-refractivity contribution in [3.8, 4) is 11.5 Å². The summed E-state index contributed by atoms with van der Waals surface area (Å²) >= 11 is 0. The van der Waals surface area contributed by atoms with Crippen molar-refractivity contribution in [2.24, 2.45) is 10.1 Å². The molecule has 5 nitrogen and oxygen atoms in total. The van der Waals surface area contributed by atoms with Crippen molar-refractivity contribution in [3.05, 3.63) is 89.0 Å². The van der Waals surface area contributed by atoms with Gasteiger partial charge in [0.1, 0.15) is 11.5 Å². The van der Waals surface area contributed by atoms with Crippen molar-refractivity contribution in [1.82, 2.24) is 5.43 Å². The van der Waals surface area contributed by atoms with Crippen LogP contribution in [0.3, 0.4) is 0 Å². The van der Waals surface area contributed by atoms with Crippen molar-refractivity contribution in [1.29, 1.82) is 0 Å². The predicted molar refractivity (Wildman–Crippen MR) is 142 cm³/mol. The van der Waals surface area contributed by atoms with Gasteiger partial charge in [-0.25, -0.2) is 4.99 Å². The summed E-state index contributed by atoms with van der Waals surface area (Å²) in [6, 6.07) is 21.4. The maximum atomic E-state index is 11.1. The molecule has 5 heteroatoms. The van der Waals surface area contributed by atoms with E-state index in [2.05, 4.69) is 52.1 Å². The summed E-state index contributed by atoms with van der Waals surface area (Å²) in [6.45, 7) is 12.6. The maximum Gasteiger partial charge on any atom is 0.154 e. The SMILES string of the molecule is COc1ccccc1/C=N/NC(=Nc1ccccc1)c1cc(C(C)(C)C)c(O)c(C(C)(C)C)c1. The Labute approximate surface area is 203 Å². The highest BCUT2D eigenvalue weighted by Gasteiger charge is 2.27. The van der Waals surface area contributed by atoms with Gasteiger partial charge in [0.25, 0.3) is 0 Å². The lowest BCUT2D eigenvalue weighted by atomic mass is 9.78. The van der Waals surface area contributed by atoms with E-state index in [1.807, 2.05) is 66.7 Å². The number of ether oxygens (including phenoxy) is 1. The summed E-state index contributed by atoms with van der Waals surface area (Å²) in [5.41, 5.74) is 6.89. The first-order valence-corrected chi connectivity index (χ1v) is 11.4. The summed E-state index contributed by atoms with van der Waals surface area (Å²) in [5, 5.41) is 15.6.